The van der Waals surface area contributed by atoms with Crippen molar-refractivity contribution in [3.8, 4) is 11.4 Å². The lowest BCUT2D eigenvalue weighted by molar-refractivity contribution is -0.117. The van der Waals surface area contributed by atoms with Crippen LogP contribution in [0.25, 0.3) is 11.4 Å². The summed E-state index contributed by atoms with van der Waals surface area (Å²) in [5.41, 5.74) is 0.717. The fraction of sp³-hybridized carbons (Fsp3) is 0.444. The molecule has 150 valence electrons. The lowest BCUT2D eigenvalue weighted by Crippen LogP contribution is -2.32. The molecule has 10 heteroatoms. The molecule has 0 unspecified atom stereocenters. The summed E-state index contributed by atoms with van der Waals surface area (Å²) in [6.45, 7) is 3.08. The number of nitrogens with one attached hydrogen (secondary N) is 1. The molecule has 28 heavy (non-hydrogen) atoms. The van der Waals surface area contributed by atoms with Gasteiger partial charge in [-0.2, -0.15) is 0 Å². The molecule has 2 amide bonds. The van der Waals surface area contributed by atoms with Gasteiger partial charge in [-0.25, -0.2) is 9.18 Å². The Morgan fingerprint density at radius 2 is 2.14 bits per heavy atom. The van der Waals surface area contributed by atoms with E-state index in [4.69, 9.17) is 4.74 Å². The smallest absolute Gasteiger partial charge is 0.413 e. The standard InChI is InChI=1S/C18H21FN4O4S/c1-2-26-18(25)20-15(24)11-28-17-22-21-16(12-5-7-13(19)8-6-12)23(17)10-14-4-3-9-27-14/h5-8,14H,2-4,9-11H2,1H3,(H,20,24,25)/t14-/m0/s1. The topological polar surface area (TPSA) is 95.3 Å². The van der Waals surface area contributed by atoms with Gasteiger partial charge in [0.2, 0.25) is 5.91 Å². The Balaban J connectivity index is 1.75. The number of hydrogen-bond donors (Lipinski definition) is 1. The normalized spacial score (nSPS) is 16.1. The van der Waals surface area contributed by atoms with Crippen LogP contribution in [0.5, 0.6) is 0 Å². The summed E-state index contributed by atoms with van der Waals surface area (Å²) >= 11 is 1.16. The summed E-state index contributed by atoms with van der Waals surface area (Å²) in [6.07, 6.45) is 1.17. The molecule has 0 spiro atoms. The first-order valence-electron chi connectivity index (χ1n) is 8.97. The number of amides is 2. The zero-order valence-corrected chi connectivity index (χ0v) is 16.2. The van der Waals surface area contributed by atoms with Gasteiger partial charge < -0.3 is 9.47 Å². The van der Waals surface area contributed by atoms with Gasteiger partial charge >= 0.3 is 6.09 Å². The van der Waals surface area contributed by atoms with E-state index in [-0.39, 0.29) is 24.3 Å². The number of carbonyl (C=O) groups excluding carboxylic acids is 2. The van der Waals surface area contributed by atoms with Gasteiger partial charge in [0.25, 0.3) is 0 Å². The molecule has 1 aliphatic heterocycles. The number of ether oxygens (including phenoxy) is 2. The molecule has 2 heterocycles. The lowest BCUT2D eigenvalue weighted by Gasteiger charge is -2.14. The Morgan fingerprint density at radius 1 is 1.36 bits per heavy atom. The number of alkyl carbamates (subject to hydrolysis) is 1. The van der Waals surface area contributed by atoms with E-state index in [0.717, 1.165) is 30.2 Å². The van der Waals surface area contributed by atoms with Crippen LogP contribution in [0.1, 0.15) is 19.8 Å². The number of rotatable bonds is 7. The summed E-state index contributed by atoms with van der Waals surface area (Å²) in [7, 11) is 0. The second-order valence-electron chi connectivity index (χ2n) is 6.12. The number of hydrogen-bond acceptors (Lipinski definition) is 7. The molecule has 0 radical (unpaired) electrons. The maximum absolute atomic E-state index is 13.3. The number of carbonyl (C=O) groups is 2. The van der Waals surface area contributed by atoms with E-state index in [1.54, 1.807) is 19.1 Å². The van der Waals surface area contributed by atoms with Crippen LogP contribution >= 0.6 is 11.8 Å². The third-order valence-electron chi connectivity index (χ3n) is 4.08. The zero-order chi connectivity index (χ0) is 19.9. The van der Waals surface area contributed by atoms with Gasteiger partial charge in [-0.3, -0.25) is 14.7 Å². The molecular formula is C18H21FN4O4S. The van der Waals surface area contributed by atoms with Gasteiger partial charge in [0.15, 0.2) is 11.0 Å². The largest absolute Gasteiger partial charge is 0.450 e. The highest BCUT2D eigenvalue weighted by molar-refractivity contribution is 7.99. The second kappa shape index (κ2) is 9.65. The highest BCUT2D eigenvalue weighted by atomic mass is 32.2. The summed E-state index contributed by atoms with van der Waals surface area (Å²) in [5.74, 6) is -0.271. The molecule has 1 atom stereocenters. The summed E-state index contributed by atoms with van der Waals surface area (Å²) < 4.78 is 25.5. The lowest BCUT2D eigenvalue weighted by atomic mass is 10.2. The van der Waals surface area contributed by atoms with Gasteiger partial charge in [0.05, 0.1) is 25.0 Å². The number of benzene rings is 1. The van der Waals surface area contributed by atoms with Crippen molar-refractivity contribution in [1.29, 1.82) is 0 Å². The predicted octanol–water partition coefficient (Wildman–Crippen LogP) is 2.63. The van der Waals surface area contributed by atoms with Gasteiger partial charge in [0.1, 0.15) is 5.82 Å². The Morgan fingerprint density at radius 3 is 2.82 bits per heavy atom. The number of imide groups is 1. The van der Waals surface area contributed by atoms with Gasteiger partial charge in [-0.15, -0.1) is 10.2 Å². The average Bonchev–Trinajstić information content (AvgIpc) is 3.31. The number of nitrogens with zero attached hydrogens (tertiary/aromatic N) is 3. The number of aromatic nitrogens is 3. The van der Waals surface area contributed by atoms with Crippen LogP contribution in [0.15, 0.2) is 29.4 Å². The average molecular weight is 408 g/mol. The quantitative estimate of drug-likeness (QED) is 0.704. The van der Waals surface area contributed by atoms with Crippen LogP contribution in [0.4, 0.5) is 9.18 Å². The molecule has 1 aliphatic rings. The van der Waals surface area contributed by atoms with Crippen molar-refractivity contribution in [2.24, 2.45) is 0 Å². The molecule has 0 aliphatic carbocycles. The summed E-state index contributed by atoms with van der Waals surface area (Å²) in [4.78, 5) is 23.2. The molecule has 1 aromatic heterocycles. The highest BCUT2D eigenvalue weighted by Gasteiger charge is 2.22. The molecule has 2 aromatic rings. The second-order valence-corrected chi connectivity index (χ2v) is 7.06. The summed E-state index contributed by atoms with van der Waals surface area (Å²) in [6, 6.07) is 5.99. The highest BCUT2D eigenvalue weighted by Crippen LogP contribution is 2.26. The fourth-order valence-electron chi connectivity index (χ4n) is 2.81. The SMILES string of the molecule is CCOC(=O)NC(=O)CSc1nnc(-c2ccc(F)cc2)n1C[C@@H]1CCCO1. The minimum Gasteiger partial charge on any atom is -0.450 e. The van der Waals surface area contributed by atoms with Crippen molar-refractivity contribution in [2.75, 3.05) is 19.0 Å². The van der Waals surface area contributed by atoms with Crippen LogP contribution in [0.2, 0.25) is 0 Å². The molecule has 1 fully saturated rings. The predicted molar refractivity (Wildman–Crippen MR) is 100 cm³/mol. The van der Waals surface area contributed by atoms with E-state index in [0.29, 0.717) is 24.1 Å². The van der Waals surface area contributed by atoms with Gasteiger partial charge in [-0.1, -0.05) is 11.8 Å². The van der Waals surface area contributed by atoms with E-state index >= 15 is 0 Å². The Labute approximate surface area is 165 Å². The Hall–Kier alpha value is -2.46. The van der Waals surface area contributed by atoms with E-state index in [1.165, 1.54) is 12.1 Å². The van der Waals surface area contributed by atoms with Crippen molar-refractivity contribution >= 4 is 23.8 Å². The van der Waals surface area contributed by atoms with Crippen molar-refractivity contribution in [1.82, 2.24) is 20.1 Å². The van der Waals surface area contributed by atoms with Gasteiger partial charge in [-0.05, 0) is 44.0 Å². The maximum atomic E-state index is 13.3. The first-order valence-corrected chi connectivity index (χ1v) is 9.95. The molecule has 1 saturated heterocycles. The monoisotopic (exact) mass is 408 g/mol. The maximum Gasteiger partial charge on any atom is 0.413 e. The molecular weight excluding hydrogens is 387 g/mol. The van der Waals surface area contributed by atoms with Crippen molar-refractivity contribution in [3.63, 3.8) is 0 Å². The first-order chi connectivity index (χ1) is 13.6. The van der Waals surface area contributed by atoms with Crippen molar-refractivity contribution in [3.05, 3.63) is 30.1 Å². The van der Waals surface area contributed by atoms with Gasteiger partial charge in [0, 0.05) is 12.2 Å². The van der Waals surface area contributed by atoms with Crippen molar-refractivity contribution < 1.29 is 23.5 Å². The molecule has 1 N–H and O–H groups in total. The number of halogens is 1. The van der Waals surface area contributed by atoms with Crippen LogP contribution < -0.4 is 5.32 Å². The van der Waals surface area contributed by atoms with Crippen molar-refractivity contribution in [2.45, 2.75) is 37.6 Å². The number of thioether (sulfide) groups is 1. The fourth-order valence-corrected chi connectivity index (χ4v) is 3.56. The van der Waals surface area contributed by atoms with Crippen LogP contribution in [0, 0.1) is 5.82 Å². The zero-order valence-electron chi connectivity index (χ0n) is 15.4. The Kier molecular flexibility index (Phi) is 6.99. The van der Waals surface area contributed by atoms with E-state index < -0.39 is 12.0 Å². The van der Waals surface area contributed by atoms with E-state index in [2.05, 4.69) is 20.3 Å². The minimum absolute atomic E-state index is 0.0219. The molecule has 0 saturated carbocycles. The van der Waals surface area contributed by atoms with Crippen LogP contribution in [0.3, 0.4) is 0 Å². The minimum atomic E-state index is -0.777. The third kappa shape index (κ3) is 5.29. The molecule has 0 bridgehead atoms. The molecule has 8 nitrogen and oxygen atoms in total. The van der Waals surface area contributed by atoms with Crippen LogP contribution in [-0.4, -0.2) is 51.8 Å². The molecule has 1 aromatic carbocycles. The summed E-state index contributed by atoms with van der Waals surface area (Å²) in [5, 5.41) is 11.1. The van der Waals surface area contributed by atoms with E-state index in [9.17, 15) is 14.0 Å². The first kappa shape index (κ1) is 20.3. The van der Waals surface area contributed by atoms with E-state index in [1.807, 2.05) is 4.57 Å². The molecule has 3 rings (SSSR count). The third-order valence-corrected chi connectivity index (χ3v) is 5.05. The Bertz CT molecular complexity index is 821. The van der Waals surface area contributed by atoms with Crippen LogP contribution in [-0.2, 0) is 20.8 Å².